The van der Waals surface area contributed by atoms with Crippen LogP contribution in [0.2, 0.25) is 0 Å². The van der Waals surface area contributed by atoms with Crippen LogP contribution in [0.1, 0.15) is 28.5 Å². The number of H-pyrrole nitrogens is 1. The number of nitrogens with zero attached hydrogens (tertiary/aromatic N) is 3. The van der Waals surface area contributed by atoms with Gasteiger partial charge in [-0.05, 0) is 48.7 Å². The number of carbonyl (C=O) groups excluding carboxylic acids is 1. The summed E-state index contributed by atoms with van der Waals surface area (Å²) in [5.41, 5.74) is -1.44. The number of aliphatic imine (C=N–C) groups is 1. The highest BCUT2D eigenvalue weighted by Crippen LogP contribution is 2.22. The largest absolute Gasteiger partial charge is 0.494 e. The molecule has 0 aliphatic heterocycles. The average molecular weight is 474 g/mol. The smallest absolute Gasteiger partial charge is 0.338 e. The minimum absolute atomic E-state index is 0.0505. The molecule has 0 atom stereocenters. The maximum atomic E-state index is 13.1. The van der Waals surface area contributed by atoms with E-state index in [2.05, 4.69) is 9.98 Å². The van der Waals surface area contributed by atoms with Crippen LogP contribution in [0.4, 0.5) is 5.69 Å². The van der Waals surface area contributed by atoms with Gasteiger partial charge >= 0.3 is 11.7 Å². The Morgan fingerprint density at radius 1 is 1.03 bits per heavy atom. The van der Waals surface area contributed by atoms with E-state index < -0.39 is 28.7 Å². The number of hydrogen-bond donors (Lipinski definition) is 2. The zero-order chi connectivity index (χ0) is 25.3. The number of benzene rings is 2. The van der Waals surface area contributed by atoms with Crippen LogP contribution < -0.4 is 16.8 Å². The van der Waals surface area contributed by atoms with Crippen LogP contribution in [-0.4, -0.2) is 37.5 Å². The number of ether oxygens (including phenoxy) is 1. The Bertz CT molecular complexity index is 1660. The van der Waals surface area contributed by atoms with E-state index in [0.29, 0.717) is 22.0 Å². The van der Waals surface area contributed by atoms with E-state index in [1.54, 1.807) is 37.3 Å². The summed E-state index contributed by atoms with van der Waals surface area (Å²) in [7, 11) is 2.60. The van der Waals surface area contributed by atoms with E-state index in [1.165, 1.54) is 38.4 Å². The van der Waals surface area contributed by atoms with Gasteiger partial charge in [-0.3, -0.25) is 18.7 Å². The second-order valence-corrected chi connectivity index (χ2v) is 7.73. The van der Waals surface area contributed by atoms with Crippen molar-refractivity contribution >= 4 is 28.1 Å². The molecule has 2 heterocycles. The van der Waals surface area contributed by atoms with E-state index in [1.807, 2.05) is 0 Å². The second kappa shape index (κ2) is 9.26. The molecule has 0 aliphatic carbocycles. The molecular weight excluding hydrogens is 452 g/mol. The predicted octanol–water partition coefficient (Wildman–Crippen LogP) is 1.98. The molecule has 178 valence electrons. The van der Waals surface area contributed by atoms with Crippen molar-refractivity contribution in [2.75, 3.05) is 6.61 Å². The van der Waals surface area contributed by atoms with Crippen LogP contribution in [0.3, 0.4) is 0 Å². The number of esters is 1. The van der Waals surface area contributed by atoms with Crippen molar-refractivity contribution in [2.45, 2.75) is 6.92 Å². The molecule has 4 aromatic rings. The van der Waals surface area contributed by atoms with Crippen LogP contribution in [0, 0.1) is 0 Å². The third-order valence-electron chi connectivity index (χ3n) is 5.50. The van der Waals surface area contributed by atoms with E-state index >= 15 is 0 Å². The topological polar surface area (TPSA) is 136 Å². The molecule has 0 amide bonds. The summed E-state index contributed by atoms with van der Waals surface area (Å²) in [4.78, 5) is 57.4. The van der Waals surface area contributed by atoms with Gasteiger partial charge in [0.15, 0.2) is 0 Å². The molecule has 2 aromatic heterocycles. The molecule has 4 rings (SSSR count). The first-order valence-electron chi connectivity index (χ1n) is 10.7. The van der Waals surface area contributed by atoms with Gasteiger partial charge in [0.2, 0.25) is 5.88 Å². The highest BCUT2D eigenvalue weighted by atomic mass is 16.5. The third-order valence-corrected chi connectivity index (χ3v) is 5.50. The molecule has 0 saturated heterocycles. The van der Waals surface area contributed by atoms with Crippen molar-refractivity contribution in [3.8, 4) is 5.88 Å². The molecule has 0 radical (unpaired) electrons. The van der Waals surface area contributed by atoms with Crippen LogP contribution in [0.5, 0.6) is 5.88 Å². The molecule has 10 heteroatoms. The Morgan fingerprint density at radius 2 is 1.71 bits per heavy atom. The number of aromatic hydroxyl groups is 1. The number of aromatic nitrogens is 3. The quantitative estimate of drug-likeness (QED) is 0.335. The molecule has 0 aliphatic rings. The average Bonchev–Trinajstić information content (AvgIpc) is 2.86. The van der Waals surface area contributed by atoms with E-state index in [4.69, 9.17) is 4.74 Å². The van der Waals surface area contributed by atoms with Crippen molar-refractivity contribution in [2.24, 2.45) is 19.1 Å². The first-order chi connectivity index (χ1) is 16.7. The van der Waals surface area contributed by atoms with Crippen molar-refractivity contribution in [1.82, 2.24) is 14.1 Å². The standard InChI is InChI=1S/C25H22N4O6/c1-4-35-24(33)14-9-11-16(12-10-14)26-20(19-22(31)28(2)25(34)29(3)23(19)32)18-13-15-7-5-6-8-17(15)21(30)27-18/h5-13,31H,4H2,1-3H3,(H,27,30). The molecule has 10 nitrogen and oxygen atoms in total. The van der Waals surface area contributed by atoms with E-state index in [9.17, 15) is 24.3 Å². The molecule has 35 heavy (non-hydrogen) atoms. The van der Waals surface area contributed by atoms with Crippen LogP contribution in [0.25, 0.3) is 10.8 Å². The van der Waals surface area contributed by atoms with Gasteiger partial charge in [-0.15, -0.1) is 0 Å². The van der Waals surface area contributed by atoms with Crippen LogP contribution in [0.15, 0.2) is 74.0 Å². The molecule has 2 N–H and O–H groups in total. The fourth-order valence-electron chi connectivity index (χ4n) is 3.65. The van der Waals surface area contributed by atoms with Crippen molar-refractivity contribution in [3.63, 3.8) is 0 Å². The fourth-order valence-corrected chi connectivity index (χ4v) is 3.65. The highest BCUT2D eigenvalue weighted by molar-refractivity contribution is 6.15. The van der Waals surface area contributed by atoms with E-state index in [-0.39, 0.29) is 23.6 Å². The fraction of sp³-hybridized carbons (Fsp3) is 0.160. The lowest BCUT2D eigenvalue weighted by atomic mass is 10.1. The maximum absolute atomic E-state index is 13.1. The summed E-state index contributed by atoms with van der Waals surface area (Å²) in [6, 6.07) is 14.6. The molecule has 0 fully saturated rings. The Hall–Kier alpha value is -4.73. The van der Waals surface area contributed by atoms with Gasteiger partial charge in [0.05, 0.1) is 23.6 Å². The Labute approximate surface area is 198 Å². The SMILES string of the molecule is CCOC(=O)c1ccc(N=C(c2cc3ccccc3c(=O)[nH]2)c2c(O)n(C)c(=O)n(C)c2=O)cc1. The maximum Gasteiger partial charge on any atom is 0.338 e. The first kappa shape index (κ1) is 23.4. The lowest BCUT2D eigenvalue weighted by Gasteiger charge is -2.13. The van der Waals surface area contributed by atoms with Gasteiger partial charge in [0, 0.05) is 19.5 Å². The highest BCUT2D eigenvalue weighted by Gasteiger charge is 2.23. The van der Waals surface area contributed by atoms with Gasteiger partial charge in [0.25, 0.3) is 11.1 Å². The summed E-state index contributed by atoms with van der Waals surface area (Å²) in [5.74, 6) is -1.10. The van der Waals surface area contributed by atoms with Crippen LogP contribution in [-0.2, 0) is 18.8 Å². The summed E-state index contributed by atoms with van der Waals surface area (Å²) < 4.78 is 6.74. The van der Waals surface area contributed by atoms with Crippen LogP contribution >= 0.6 is 0 Å². The van der Waals surface area contributed by atoms with Crippen molar-refractivity contribution in [3.05, 3.63) is 103 Å². The minimum atomic E-state index is -0.790. The van der Waals surface area contributed by atoms with Gasteiger partial charge in [-0.25, -0.2) is 14.6 Å². The zero-order valence-electron chi connectivity index (χ0n) is 19.2. The third kappa shape index (κ3) is 4.29. The van der Waals surface area contributed by atoms with Gasteiger partial charge in [-0.2, -0.15) is 0 Å². The van der Waals surface area contributed by atoms with Gasteiger partial charge in [-0.1, -0.05) is 18.2 Å². The Balaban J connectivity index is 2.00. The normalized spacial score (nSPS) is 11.6. The number of rotatable bonds is 5. The molecule has 0 spiro atoms. The number of hydrogen-bond acceptors (Lipinski definition) is 7. The number of carbonyl (C=O) groups is 1. The number of pyridine rings is 1. The minimum Gasteiger partial charge on any atom is -0.494 e. The van der Waals surface area contributed by atoms with Crippen molar-refractivity contribution in [1.29, 1.82) is 0 Å². The molecule has 2 aromatic carbocycles. The summed E-state index contributed by atoms with van der Waals surface area (Å²) in [6.07, 6.45) is 0. The Morgan fingerprint density at radius 3 is 2.40 bits per heavy atom. The van der Waals surface area contributed by atoms with Gasteiger partial charge in [0.1, 0.15) is 11.3 Å². The first-order valence-corrected chi connectivity index (χ1v) is 10.7. The summed E-state index contributed by atoms with van der Waals surface area (Å²) >= 11 is 0. The molecule has 0 unspecified atom stereocenters. The van der Waals surface area contributed by atoms with E-state index in [0.717, 1.165) is 9.13 Å². The molecule has 0 bridgehead atoms. The number of nitrogens with one attached hydrogen (secondary N) is 1. The van der Waals surface area contributed by atoms with Crippen molar-refractivity contribution < 1.29 is 14.6 Å². The lowest BCUT2D eigenvalue weighted by Crippen LogP contribution is -2.40. The molecule has 0 saturated carbocycles. The second-order valence-electron chi connectivity index (χ2n) is 7.73. The number of fused-ring (bicyclic) bond motifs is 1. The van der Waals surface area contributed by atoms with Gasteiger partial charge < -0.3 is 14.8 Å². The Kier molecular flexibility index (Phi) is 6.20. The lowest BCUT2D eigenvalue weighted by molar-refractivity contribution is 0.0526. The zero-order valence-corrected chi connectivity index (χ0v) is 19.2. The molecular formula is C25H22N4O6. The monoisotopic (exact) mass is 474 g/mol. The number of aromatic amines is 1. The summed E-state index contributed by atoms with van der Waals surface area (Å²) in [5, 5.41) is 11.8. The predicted molar refractivity (Wildman–Crippen MR) is 131 cm³/mol. The summed E-state index contributed by atoms with van der Waals surface area (Å²) in [6.45, 7) is 1.93.